The van der Waals surface area contributed by atoms with Crippen LogP contribution in [-0.4, -0.2) is 47.5 Å². The molecule has 1 fully saturated rings. The topological polar surface area (TPSA) is 94.6 Å². The molecule has 2 N–H and O–H groups in total. The Labute approximate surface area is 177 Å². The van der Waals surface area contributed by atoms with Gasteiger partial charge >= 0.3 is 0 Å². The third-order valence-corrected chi connectivity index (χ3v) is 5.13. The van der Waals surface area contributed by atoms with E-state index in [1.807, 2.05) is 0 Å². The lowest BCUT2D eigenvalue weighted by Crippen LogP contribution is -2.40. The number of carbonyl (C=O) groups is 2. The number of nitrogens with two attached hydrogens (primary N) is 1. The summed E-state index contributed by atoms with van der Waals surface area (Å²) in [7, 11) is 0. The number of halogens is 1. The normalized spacial score (nSPS) is 13.8. The van der Waals surface area contributed by atoms with Crippen LogP contribution < -0.4 is 11.3 Å². The zero-order valence-corrected chi connectivity index (χ0v) is 16.6. The van der Waals surface area contributed by atoms with Crippen molar-refractivity contribution < 1.29 is 18.7 Å². The van der Waals surface area contributed by atoms with E-state index < -0.39 is 17.2 Å². The molecule has 2 heterocycles. The van der Waals surface area contributed by atoms with Crippen LogP contribution in [0.15, 0.2) is 65.5 Å². The molecule has 4 rings (SSSR count). The first-order valence-corrected chi connectivity index (χ1v) is 9.75. The van der Waals surface area contributed by atoms with Gasteiger partial charge in [-0.1, -0.05) is 6.07 Å². The highest BCUT2D eigenvalue weighted by atomic mass is 19.1. The largest absolute Gasteiger partial charge is 0.384 e. The van der Waals surface area contributed by atoms with Gasteiger partial charge in [-0.25, -0.2) is 4.39 Å². The van der Waals surface area contributed by atoms with Crippen LogP contribution in [0.2, 0.25) is 0 Å². The van der Waals surface area contributed by atoms with E-state index in [2.05, 4.69) is 0 Å². The average Bonchev–Trinajstić information content (AvgIpc) is 2.79. The van der Waals surface area contributed by atoms with E-state index in [4.69, 9.17) is 10.5 Å². The number of hydrogen-bond acceptors (Lipinski definition) is 5. The summed E-state index contributed by atoms with van der Waals surface area (Å²) >= 11 is 0. The fourth-order valence-electron chi connectivity index (χ4n) is 3.50. The highest BCUT2D eigenvalue weighted by Gasteiger charge is 2.20. The van der Waals surface area contributed by atoms with Gasteiger partial charge in [0.2, 0.25) is 0 Å². The van der Waals surface area contributed by atoms with Crippen molar-refractivity contribution >= 4 is 17.5 Å². The van der Waals surface area contributed by atoms with Gasteiger partial charge in [0.15, 0.2) is 5.78 Å². The van der Waals surface area contributed by atoms with E-state index in [1.165, 1.54) is 41.0 Å². The minimum atomic E-state index is -0.462. The number of rotatable bonds is 4. The van der Waals surface area contributed by atoms with Crippen LogP contribution in [0.1, 0.15) is 26.3 Å². The van der Waals surface area contributed by atoms with Gasteiger partial charge in [0.05, 0.1) is 24.5 Å². The van der Waals surface area contributed by atoms with Gasteiger partial charge in [-0.2, -0.15) is 0 Å². The molecular weight excluding hydrogens is 401 g/mol. The summed E-state index contributed by atoms with van der Waals surface area (Å²) in [6.07, 6.45) is 0. The smallest absolute Gasteiger partial charge is 0.256 e. The third-order valence-electron chi connectivity index (χ3n) is 5.13. The highest BCUT2D eigenvalue weighted by molar-refractivity contribution is 6.11. The van der Waals surface area contributed by atoms with Crippen molar-refractivity contribution in [1.29, 1.82) is 0 Å². The second-order valence-corrected chi connectivity index (χ2v) is 7.10. The summed E-state index contributed by atoms with van der Waals surface area (Å²) in [5.74, 6) is -1.13. The number of amides is 1. The van der Waals surface area contributed by atoms with Crippen LogP contribution >= 0.6 is 0 Å². The maximum atomic E-state index is 13.2. The monoisotopic (exact) mass is 421 g/mol. The van der Waals surface area contributed by atoms with Gasteiger partial charge in [0.1, 0.15) is 11.6 Å². The van der Waals surface area contributed by atoms with Crippen LogP contribution in [0.4, 0.5) is 10.2 Å². The van der Waals surface area contributed by atoms with Crippen LogP contribution in [0, 0.1) is 5.82 Å². The zero-order valence-electron chi connectivity index (χ0n) is 16.6. The minimum absolute atomic E-state index is 0.0576. The molecule has 7 nitrogen and oxygen atoms in total. The number of pyridine rings is 1. The Balaban J connectivity index is 1.72. The molecule has 2 aromatic carbocycles. The van der Waals surface area contributed by atoms with Gasteiger partial charge in [-0.3, -0.25) is 19.0 Å². The quantitative estimate of drug-likeness (QED) is 0.652. The molecule has 1 aliphatic rings. The standard InChI is InChI=1S/C23H20FN3O4/c24-17-6-4-15(5-7-17)21(29)19-8-9-20(28)27(22(19)25)18-3-1-2-16(14-18)23(30)26-10-12-31-13-11-26/h1-9,14H,10-13,25H2. The van der Waals surface area contributed by atoms with Crippen LogP contribution in [0.5, 0.6) is 0 Å². The molecule has 0 unspecified atom stereocenters. The number of carbonyl (C=O) groups excluding carboxylic acids is 2. The molecule has 0 atom stereocenters. The zero-order chi connectivity index (χ0) is 22.0. The van der Waals surface area contributed by atoms with Crippen molar-refractivity contribution in [2.24, 2.45) is 0 Å². The molecule has 0 spiro atoms. The number of anilines is 1. The van der Waals surface area contributed by atoms with E-state index >= 15 is 0 Å². The average molecular weight is 421 g/mol. The van der Waals surface area contributed by atoms with Gasteiger partial charge in [0, 0.05) is 30.3 Å². The lowest BCUT2D eigenvalue weighted by molar-refractivity contribution is 0.0303. The molecule has 1 amide bonds. The van der Waals surface area contributed by atoms with Gasteiger partial charge in [-0.15, -0.1) is 0 Å². The SMILES string of the molecule is Nc1c(C(=O)c2ccc(F)cc2)ccc(=O)n1-c1cccc(C(=O)N2CCOCC2)c1. The summed E-state index contributed by atoms with van der Waals surface area (Å²) in [6.45, 7) is 1.94. The Morgan fingerprint density at radius 2 is 1.65 bits per heavy atom. The van der Waals surface area contributed by atoms with Crippen molar-refractivity contribution in [3.8, 4) is 5.69 Å². The Morgan fingerprint density at radius 1 is 0.935 bits per heavy atom. The predicted octanol–water partition coefficient (Wildman–Crippen LogP) is 2.26. The Morgan fingerprint density at radius 3 is 2.35 bits per heavy atom. The van der Waals surface area contributed by atoms with Crippen molar-refractivity contribution in [3.63, 3.8) is 0 Å². The summed E-state index contributed by atoms with van der Waals surface area (Å²) in [6, 6.07) is 14.2. The van der Waals surface area contributed by atoms with Crippen LogP contribution in [0.3, 0.4) is 0 Å². The number of benzene rings is 2. The molecule has 0 radical (unpaired) electrons. The van der Waals surface area contributed by atoms with Crippen molar-refractivity contribution in [2.75, 3.05) is 32.0 Å². The van der Waals surface area contributed by atoms with E-state index in [0.717, 1.165) is 0 Å². The minimum Gasteiger partial charge on any atom is -0.384 e. The summed E-state index contributed by atoms with van der Waals surface area (Å²) in [5.41, 5.74) is 6.90. The van der Waals surface area contributed by atoms with Crippen molar-refractivity contribution in [1.82, 2.24) is 9.47 Å². The van der Waals surface area contributed by atoms with E-state index in [-0.39, 0.29) is 22.9 Å². The number of hydrogen-bond donors (Lipinski definition) is 1. The maximum absolute atomic E-state index is 13.2. The molecule has 0 bridgehead atoms. The molecule has 1 aromatic heterocycles. The molecule has 0 aliphatic carbocycles. The molecule has 1 aliphatic heterocycles. The van der Waals surface area contributed by atoms with Crippen molar-refractivity contribution in [3.05, 3.63) is 93.5 Å². The molecule has 1 saturated heterocycles. The summed E-state index contributed by atoms with van der Waals surface area (Å²) < 4.78 is 19.7. The lowest BCUT2D eigenvalue weighted by atomic mass is 10.0. The van der Waals surface area contributed by atoms with E-state index in [0.29, 0.717) is 37.6 Å². The third kappa shape index (κ3) is 4.10. The number of morpholine rings is 1. The molecule has 8 heteroatoms. The van der Waals surface area contributed by atoms with Gasteiger partial charge in [0.25, 0.3) is 11.5 Å². The maximum Gasteiger partial charge on any atom is 0.256 e. The first-order chi connectivity index (χ1) is 15.0. The van der Waals surface area contributed by atoms with Crippen LogP contribution in [-0.2, 0) is 4.74 Å². The molecule has 158 valence electrons. The first kappa shape index (κ1) is 20.5. The second-order valence-electron chi connectivity index (χ2n) is 7.10. The summed E-state index contributed by atoms with van der Waals surface area (Å²) in [5, 5.41) is 0. The van der Waals surface area contributed by atoms with Gasteiger partial charge in [-0.05, 0) is 48.5 Å². The Bertz CT molecular complexity index is 1200. The molecule has 3 aromatic rings. The number of nitrogens with zero attached hydrogens (tertiary/aromatic N) is 2. The molecule has 0 saturated carbocycles. The fourth-order valence-corrected chi connectivity index (χ4v) is 3.50. The summed E-state index contributed by atoms with van der Waals surface area (Å²) in [4.78, 5) is 39.9. The lowest BCUT2D eigenvalue weighted by Gasteiger charge is -2.27. The number of aromatic nitrogens is 1. The first-order valence-electron chi connectivity index (χ1n) is 9.75. The second kappa shape index (κ2) is 8.53. The van der Waals surface area contributed by atoms with E-state index in [9.17, 15) is 18.8 Å². The van der Waals surface area contributed by atoms with Crippen LogP contribution in [0.25, 0.3) is 5.69 Å². The number of ketones is 1. The number of nitrogen functional groups attached to an aromatic ring is 1. The highest BCUT2D eigenvalue weighted by Crippen LogP contribution is 2.20. The number of ether oxygens (including phenoxy) is 1. The Kier molecular flexibility index (Phi) is 5.64. The fraction of sp³-hybridized carbons (Fsp3) is 0.174. The van der Waals surface area contributed by atoms with E-state index in [1.54, 1.807) is 29.2 Å². The predicted molar refractivity (Wildman–Crippen MR) is 113 cm³/mol. The Hall–Kier alpha value is -3.78. The molecule has 31 heavy (non-hydrogen) atoms. The van der Waals surface area contributed by atoms with Gasteiger partial charge < -0.3 is 15.4 Å². The molecular formula is C23H20FN3O4. The van der Waals surface area contributed by atoms with Crippen molar-refractivity contribution in [2.45, 2.75) is 0 Å².